The zero-order chi connectivity index (χ0) is 15.6. The Balaban J connectivity index is 2.37. The van der Waals surface area contributed by atoms with Gasteiger partial charge in [0.2, 0.25) is 0 Å². The summed E-state index contributed by atoms with van der Waals surface area (Å²) in [4.78, 5) is 11.2. The second-order valence-corrected chi connectivity index (χ2v) is 6.14. The first-order valence-corrected chi connectivity index (χ1v) is 7.26. The SMILES string of the molecule is CC(C)Cc1c(C(=O)O)nnn1Cc1cc(F)cc(Br)c1. The summed E-state index contributed by atoms with van der Waals surface area (Å²) < 4.78 is 15.6. The number of carbonyl (C=O) groups is 1. The van der Waals surface area contributed by atoms with Crippen molar-refractivity contribution in [2.45, 2.75) is 26.8 Å². The van der Waals surface area contributed by atoms with Crippen molar-refractivity contribution >= 4 is 21.9 Å². The minimum absolute atomic E-state index is 0.0424. The Kier molecular flexibility index (Phi) is 4.72. The molecule has 7 heteroatoms. The fourth-order valence-corrected chi connectivity index (χ4v) is 2.60. The van der Waals surface area contributed by atoms with Crippen LogP contribution in [0.5, 0.6) is 0 Å². The van der Waals surface area contributed by atoms with Gasteiger partial charge in [0.15, 0.2) is 5.69 Å². The Morgan fingerprint density at radius 2 is 2.14 bits per heavy atom. The summed E-state index contributed by atoms with van der Waals surface area (Å²) in [7, 11) is 0. The zero-order valence-electron chi connectivity index (χ0n) is 11.7. The van der Waals surface area contributed by atoms with Crippen LogP contribution in [0.4, 0.5) is 4.39 Å². The van der Waals surface area contributed by atoms with E-state index in [2.05, 4.69) is 26.2 Å². The summed E-state index contributed by atoms with van der Waals surface area (Å²) in [6.07, 6.45) is 0.547. The van der Waals surface area contributed by atoms with E-state index in [4.69, 9.17) is 5.11 Å². The van der Waals surface area contributed by atoms with Gasteiger partial charge in [0.25, 0.3) is 0 Å². The summed E-state index contributed by atoms with van der Waals surface area (Å²) in [6.45, 7) is 4.25. The molecule has 2 aromatic rings. The number of benzene rings is 1. The molecule has 5 nitrogen and oxygen atoms in total. The van der Waals surface area contributed by atoms with Gasteiger partial charge < -0.3 is 5.11 Å². The molecule has 0 aliphatic carbocycles. The third-order valence-corrected chi connectivity index (χ3v) is 3.35. The van der Waals surface area contributed by atoms with Crippen LogP contribution in [-0.2, 0) is 13.0 Å². The maximum atomic E-state index is 13.4. The van der Waals surface area contributed by atoms with Crippen molar-refractivity contribution in [2.24, 2.45) is 5.92 Å². The zero-order valence-corrected chi connectivity index (χ0v) is 13.3. The van der Waals surface area contributed by atoms with E-state index >= 15 is 0 Å². The Morgan fingerprint density at radius 3 is 2.71 bits per heavy atom. The highest BCUT2D eigenvalue weighted by Crippen LogP contribution is 2.18. The molecule has 1 aromatic heterocycles. The number of carboxylic acid groups (broad SMARTS) is 1. The maximum Gasteiger partial charge on any atom is 0.358 e. The first-order chi connectivity index (χ1) is 9.86. The molecule has 0 fully saturated rings. The summed E-state index contributed by atoms with van der Waals surface area (Å²) in [5.41, 5.74) is 1.20. The van der Waals surface area contributed by atoms with Crippen LogP contribution < -0.4 is 0 Å². The van der Waals surface area contributed by atoms with Crippen LogP contribution in [0.15, 0.2) is 22.7 Å². The molecule has 0 aliphatic rings. The van der Waals surface area contributed by atoms with Gasteiger partial charge in [-0.25, -0.2) is 13.9 Å². The molecule has 0 spiro atoms. The third-order valence-electron chi connectivity index (χ3n) is 2.90. The van der Waals surface area contributed by atoms with E-state index in [9.17, 15) is 9.18 Å². The number of rotatable bonds is 5. The highest BCUT2D eigenvalue weighted by molar-refractivity contribution is 9.10. The highest BCUT2D eigenvalue weighted by Gasteiger charge is 2.20. The molecular weight excluding hydrogens is 341 g/mol. The van der Waals surface area contributed by atoms with Crippen LogP contribution in [0.1, 0.15) is 35.6 Å². The van der Waals surface area contributed by atoms with Gasteiger partial charge in [0.1, 0.15) is 5.82 Å². The molecule has 0 saturated carbocycles. The smallest absolute Gasteiger partial charge is 0.358 e. The van der Waals surface area contributed by atoms with Crippen molar-refractivity contribution in [3.63, 3.8) is 0 Å². The molecule has 0 amide bonds. The molecule has 0 unspecified atom stereocenters. The quantitative estimate of drug-likeness (QED) is 0.894. The van der Waals surface area contributed by atoms with E-state index in [1.165, 1.54) is 16.8 Å². The Hall–Kier alpha value is -1.76. The lowest BCUT2D eigenvalue weighted by Gasteiger charge is -2.09. The number of hydrogen-bond acceptors (Lipinski definition) is 3. The molecule has 2 rings (SSSR count). The van der Waals surface area contributed by atoms with Crippen LogP contribution in [0.25, 0.3) is 0 Å². The largest absolute Gasteiger partial charge is 0.476 e. The second-order valence-electron chi connectivity index (χ2n) is 5.22. The topological polar surface area (TPSA) is 68.0 Å². The maximum absolute atomic E-state index is 13.4. The molecule has 0 atom stereocenters. The van der Waals surface area contributed by atoms with Gasteiger partial charge in [-0.3, -0.25) is 0 Å². The number of nitrogens with zero attached hydrogens (tertiary/aromatic N) is 3. The molecular formula is C14H15BrFN3O2. The van der Waals surface area contributed by atoms with E-state index in [1.54, 1.807) is 6.07 Å². The summed E-state index contributed by atoms with van der Waals surface area (Å²) >= 11 is 3.23. The van der Waals surface area contributed by atoms with Gasteiger partial charge in [0, 0.05) is 4.47 Å². The minimum atomic E-state index is -1.10. The predicted molar refractivity (Wildman–Crippen MR) is 78.7 cm³/mol. The molecule has 112 valence electrons. The summed E-state index contributed by atoms with van der Waals surface area (Å²) in [5.74, 6) is -1.19. The van der Waals surface area contributed by atoms with Gasteiger partial charge >= 0.3 is 5.97 Å². The van der Waals surface area contributed by atoms with E-state index in [0.717, 1.165) is 0 Å². The van der Waals surface area contributed by atoms with Gasteiger partial charge in [-0.15, -0.1) is 5.10 Å². The normalized spacial score (nSPS) is 11.1. The van der Waals surface area contributed by atoms with Crippen molar-refractivity contribution in [3.8, 4) is 0 Å². The number of hydrogen-bond donors (Lipinski definition) is 1. The lowest BCUT2D eigenvalue weighted by atomic mass is 10.1. The summed E-state index contributed by atoms with van der Waals surface area (Å²) in [5, 5.41) is 16.8. The molecule has 0 saturated heterocycles. The second kappa shape index (κ2) is 6.34. The third kappa shape index (κ3) is 3.87. The average molecular weight is 356 g/mol. The number of carboxylic acids is 1. The van der Waals surface area contributed by atoms with Gasteiger partial charge in [-0.2, -0.15) is 0 Å². The first-order valence-electron chi connectivity index (χ1n) is 6.47. The van der Waals surface area contributed by atoms with Crippen molar-refractivity contribution in [1.82, 2.24) is 15.0 Å². The van der Waals surface area contributed by atoms with Crippen molar-refractivity contribution in [3.05, 3.63) is 45.4 Å². The summed E-state index contributed by atoms with van der Waals surface area (Å²) in [6, 6.07) is 4.53. The molecule has 0 bridgehead atoms. The lowest BCUT2D eigenvalue weighted by molar-refractivity contribution is 0.0689. The molecule has 0 radical (unpaired) electrons. The Morgan fingerprint density at radius 1 is 1.43 bits per heavy atom. The highest BCUT2D eigenvalue weighted by atomic mass is 79.9. The van der Waals surface area contributed by atoms with E-state index in [1.807, 2.05) is 13.8 Å². The van der Waals surface area contributed by atoms with Crippen LogP contribution in [0.2, 0.25) is 0 Å². The van der Waals surface area contributed by atoms with Crippen molar-refractivity contribution in [2.75, 3.05) is 0 Å². The van der Waals surface area contributed by atoms with Crippen LogP contribution >= 0.6 is 15.9 Å². The van der Waals surface area contributed by atoms with Gasteiger partial charge in [-0.05, 0) is 36.1 Å². The predicted octanol–water partition coefficient (Wildman–Crippen LogP) is 3.12. The minimum Gasteiger partial charge on any atom is -0.476 e. The van der Waals surface area contributed by atoms with Crippen LogP contribution in [0.3, 0.4) is 0 Å². The Bertz CT molecular complexity index is 650. The standard InChI is InChI=1S/C14H15BrFN3O2/c1-8(2)3-12-13(14(20)21)17-18-19(12)7-9-4-10(15)6-11(16)5-9/h4-6,8H,3,7H2,1-2H3,(H,20,21). The lowest BCUT2D eigenvalue weighted by Crippen LogP contribution is -2.12. The molecule has 1 N–H and O–H groups in total. The number of halogens is 2. The van der Waals surface area contributed by atoms with Gasteiger partial charge in [-0.1, -0.05) is 35.0 Å². The van der Waals surface area contributed by atoms with Crippen molar-refractivity contribution in [1.29, 1.82) is 0 Å². The Labute approximate surface area is 129 Å². The van der Waals surface area contributed by atoms with E-state index < -0.39 is 5.97 Å². The van der Waals surface area contributed by atoms with Crippen LogP contribution in [0, 0.1) is 11.7 Å². The molecule has 1 aromatic carbocycles. The fraction of sp³-hybridized carbons (Fsp3) is 0.357. The molecule has 0 aliphatic heterocycles. The number of aromatic carboxylic acids is 1. The first kappa shape index (κ1) is 15.6. The monoisotopic (exact) mass is 355 g/mol. The van der Waals surface area contributed by atoms with E-state index in [-0.39, 0.29) is 24.0 Å². The molecule has 1 heterocycles. The van der Waals surface area contributed by atoms with Crippen LogP contribution in [-0.4, -0.2) is 26.1 Å². The van der Waals surface area contributed by atoms with E-state index in [0.29, 0.717) is 22.2 Å². The van der Waals surface area contributed by atoms with Crippen molar-refractivity contribution < 1.29 is 14.3 Å². The average Bonchev–Trinajstić information content (AvgIpc) is 2.70. The van der Waals surface area contributed by atoms with Gasteiger partial charge in [0.05, 0.1) is 12.2 Å². The molecule has 21 heavy (non-hydrogen) atoms. The number of aromatic nitrogens is 3. The fourth-order valence-electron chi connectivity index (χ4n) is 2.09.